The lowest BCUT2D eigenvalue weighted by Crippen LogP contribution is -2.48. The monoisotopic (exact) mass is 404 g/mol. The van der Waals surface area contributed by atoms with Gasteiger partial charge in [0.15, 0.2) is 0 Å². The Hall–Kier alpha value is -1.18. The predicted molar refractivity (Wildman–Crippen MR) is 111 cm³/mol. The first-order valence-electron chi connectivity index (χ1n) is 9.24. The first-order valence-corrected chi connectivity index (χ1v) is 12.0. The highest BCUT2D eigenvalue weighted by molar-refractivity contribution is 7.54. The first kappa shape index (κ1) is 19.2. The number of benzene rings is 2. The molecular weight excluding hydrogens is 378 g/mol. The second-order valence-electron chi connectivity index (χ2n) is 7.79. The molecule has 2 heterocycles. The lowest BCUT2D eigenvalue weighted by molar-refractivity contribution is 0.0363. The standard InChI is InChI=1S/C21H26O4P2/c1-15-5-7-19(17(3)9-15)24-26-13-21(14-26)11-22-27(23-12-21)25-20-8-6-16(2)10-18(20)4/h5-10H,11-14H2,1-4H3. The highest BCUT2D eigenvalue weighted by atomic mass is 31.2. The fourth-order valence-electron chi connectivity index (χ4n) is 3.48. The van der Waals surface area contributed by atoms with Crippen LogP contribution in [-0.2, 0) is 9.05 Å². The molecule has 0 aromatic heterocycles. The zero-order valence-corrected chi connectivity index (χ0v) is 18.1. The third-order valence-corrected chi connectivity index (χ3v) is 8.56. The van der Waals surface area contributed by atoms with Crippen molar-refractivity contribution in [1.82, 2.24) is 0 Å². The van der Waals surface area contributed by atoms with Gasteiger partial charge in [-0.25, -0.2) is 0 Å². The summed E-state index contributed by atoms with van der Waals surface area (Å²) in [5.74, 6) is 1.86. The Morgan fingerprint density at radius 1 is 0.778 bits per heavy atom. The van der Waals surface area contributed by atoms with Crippen LogP contribution >= 0.6 is 16.8 Å². The molecule has 1 spiro atoms. The van der Waals surface area contributed by atoms with Gasteiger partial charge < -0.3 is 18.1 Å². The highest BCUT2D eigenvalue weighted by Crippen LogP contribution is 2.61. The van der Waals surface area contributed by atoms with E-state index in [9.17, 15) is 0 Å². The van der Waals surface area contributed by atoms with Crippen LogP contribution in [0.25, 0.3) is 0 Å². The molecule has 2 aliphatic heterocycles. The normalized spacial score (nSPS) is 27.3. The van der Waals surface area contributed by atoms with Gasteiger partial charge in [-0.2, -0.15) is 0 Å². The van der Waals surface area contributed by atoms with Gasteiger partial charge in [-0.15, -0.1) is 0 Å². The maximum absolute atomic E-state index is 6.24. The fourth-order valence-corrected chi connectivity index (χ4v) is 7.17. The molecule has 2 aliphatic rings. The first-order chi connectivity index (χ1) is 12.9. The second kappa shape index (κ2) is 7.68. The van der Waals surface area contributed by atoms with E-state index in [2.05, 4.69) is 45.0 Å². The van der Waals surface area contributed by atoms with E-state index in [0.29, 0.717) is 13.2 Å². The topological polar surface area (TPSA) is 36.9 Å². The molecule has 2 aromatic rings. The largest absolute Gasteiger partial charge is 0.474 e. The molecule has 0 radical (unpaired) electrons. The van der Waals surface area contributed by atoms with E-state index in [0.717, 1.165) is 29.4 Å². The summed E-state index contributed by atoms with van der Waals surface area (Å²) in [6.45, 7) is 9.73. The summed E-state index contributed by atoms with van der Waals surface area (Å²) in [6.07, 6.45) is 2.06. The van der Waals surface area contributed by atoms with Crippen molar-refractivity contribution in [3.05, 3.63) is 58.7 Å². The van der Waals surface area contributed by atoms with Crippen molar-refractivity contribution in [1.29, 1.82) is 0 Å². The Labute approximate surface area is 164 Å². The zero-order chi connectivity index (χ0) is 19.0. The van der Waals surface area contributed by atoms with Crippen molar-refractivity contribution in [2.45, 2.75) is 27.7 Å². The molecule has 27 heavy (non-hydrogen) atoms. The quantitative estimate of drug-likeness (QED) is 0.582. The number of hydrogen-bond acceptors (Lipinski definition) is 4. The molecule has 0 aliphatic carbocycles. The maximum atomic E-state index is 6.24. The highest BCUT2D eigenvalue weighted by Gasteiger charge is 2.50. The van der Waals surface area contributed by atoms with E-state index in [1.54, 1.807) is 0 Å². The predicted octanol–water partition coefficient (Wildman–Crippen LogP) is 6.05. The van der Waals surface area contributed by atoms with Crippen molar-refractivity contribution in [2.24, 2.45) is 5.41 Å². The third-order valence-electron chi connectivity index (χ3n) is 5.04. The lowest BCUT2D eigenvalue weighted by atomic mass is 9.95. The Bertz CT molecular complexity index is 823. The summed E-state index contributed by atoms with van der Waals surface area (Å²) in [4.78, 5) is 0. The molecule has 4 rings (SSSR count). The van der Waals surface area contributed by atoms with Crippen LogP contribution in [0.1, 0.15) is 22.3 Å². The Kier molecular flexibility index (Phi) is 5.45. The molecule has 0 saturated carbocycles. The van der Waals surface area contributed by atoms with Crippen molar-refractivity contribution < 1.29 is 18.1 Å². The van der Waals surface area contributed by atoms with Crippen LogP contribution in [0.5, 0.6) is 11.5 Å². The van der Waals surface area contributed by atoms with Gasteiger partial charge in [-0.05, 0) is 51.0 Å². The summed E-state index contributed by atoms with van der Waals surface area (Å²) >= 11 is 0. The van der Waals surface area contributed by atoms with Gasteiger partial charge >= 0.3 is 8.60 Å². The van der Waals surface area contributed by atoms with Gasteiger partial charge in [-0.3, -0.25) is 0 Å². The van der Waals surface area contributed by atoms with E-state index in [-0.39, 0.29) is 5.41 Å². The van der Waals surface area contributed by atoms with Crippen molar-refractivity contribution >= 4 is 16.8 Å². The minimum Gasteiger partial charge on any atom is -0.474 e. The molecule has 2 fully saturated rings. The van der Waals surface area contributed by atoms with E-state index in [1.165, 1.54) is 16.7 Å². The molecule has 2 aromatic carbocycles. The van der Waals surface area contributed by atoms with Gasteiger partial charge in [-0.1, -0.05) is 35.4 Å². The molecule has 0 amide bonds. The van der Waals surface area contributed by atoms with Crippen molar-refractivity contribution in [2.75, 3.05) is 25.5 Å². The number of hydrogen-bond donors (Lipinski definition) is 0. The zero-order valence-electron chi connectivity index (χ0n) is 16.3. The summed E-state index contributed by atoms with van der Waals surface area (Å²) in [5.41, 5.74) is 4.92. The minimum absolute atomic E-state index is 0.106. The molecule has 144 valence electrons. The summed E-state index contributed by atoms with van der Waals surface area (Å²) in [5, 5.41) is 0. The van der Waals surface area contributed by atoms with E-state index >= 15 is 0 Å². The molecule has 0 atom stereocenters. The van der Waals surface area contributed by atoms with E-state index in [1.807, 2.05) is 19.1 Å². The summed E-state index contributed by atoms with van der Waals surface area (Å²) in [7, 11) is -1.75. The Balaban J connectivity index is 1.27. The molecule has 0 N–H and O–H groups in total. The number of aryl methyl sites for hydroxylation is 4. The minimum atomic E-state index is -1.31. The van der Waals surface area contributed by atoms with Crippen LogP contribution in [0, 0.1) is 33.1 Å². The summed E-state index contributed by atoms with van der Waals surface area (Å²) < 4.78 is 24.1. The van der Waals surface area contributed by atoms with Gasteiger partial charge in [0, 0.05) is 17.7 Å². The Morgan fingerprint density at radius 2 is 1.30 bits per heavy atom. The van der Waals surface area contributed by atoms with E-state index < -0.39 is 16.8 Å². The van der Waals surface area contributed by atoms with Gasteiger partial charge in [0.05, 0.1) is 21.4 Å². The van der Waals surface area contributed by atoms with Crippen LogP contribution in [-0.4, -0.2) is 25.5 Å². The van der Waals surface area contributed by atoms with Crippen LogP contribution in [0.4, 0.5) is 0 Å². The average Bonchev–Trinajstić information content (AvgIpc) is 2.60. The van der Waals surface area contributed by atoms with Crippen LogP contribution in [0.15, 0.2) is 36.4 Å². The smallest absolute Gasteiger partial charge is 0.397 e. The Morgan fingerprint density at radius 3 is 1.81 bits per heavy atom. The van der Waals surface area contributed by atoms with Gasteiger partial charge in [0.25, 0.3) is 0 Å². The summed E-state index contributed by atoms with van der Waals surface area (Å²) in [6, 6.07) is 12.5. The van der Waals surface area contributed by atoms with Crippen LogP contribution < -0.4 is 9.05 Å². The third kappa shape index (κ3) is 4.30. The second-order valence-corrected chi connectivity index (χ2v) is 10.7. The van der Waals surface area contributed by atoms with Crippen LogP contribution in [0.3, 0.4) is 0 Å². The molecule has 0 unspecified atom stereocenters. The molecular formula is C21H26O4P2. The average molecular weight is 404 g/mol. The molecule has 6 heteroatoms. The van der Waals surface area contributed by atoms with Gasteiger partial charge in [0.1, 0.15) is 11.5 Å². The number of rotatable bonds is 4. The lowest BCUT2D eigenvalue weighted by Gasteiger charge is -2.48. The molecule has 4 nitrogen and oxygen atoms in total. The van der Waals surface area contributed by atoms with Crippen molar-refractivity contribution in [3.8, 4) is 11.5 Å². The van der Waals surface area contributed by atoms with E-state index in [4.69, 9.17) is 18.1 Å². The molecule has 2 saturated heterocycles. The maximum Gasteiger partial charge on any atom is 0.397 e. The molecule has 0 bridgehead atoms. The van der Waals surface area contributed by atoms with Crippen molar-refractivity contribution in [3.63, 3.8) is 0 Å². The van der Waals surface area contributed by atoms with Gasteiger partial charge in [0.2, 0.25) is 0 Å². The fraction of sp³-hybridized carbons (Fsp3) is 0.429. The SMILES string of the molecule is Cc1ccc(OP2CC3(COP(Oc4ccc(C)cc4C)OC3)C2)c(C)c1. The van der Waals surface area contributed by atoms with Crippen LogP contribution in [0.2, 0.25) is 0 Å².